The topological polar surface area (TPSA) is 93.3 Å². The Kier molecular flexibility index (Phi) is 5.61. The predicted octanol–water partition coefficient (Wildman–Crippen LogP) is 1.77. The van der Waals surface area contributed by atoms with Crippen LogP contribution in [-0.4, -0.2) is 24.7 Å². The molecular formula is C13H21FN2O3S. The molecule has 7 heteroatoms. The normalized spacial score (nSPS) is 15.1. The van der Waals surface area contributed by atoms with E-state index in [4.69, 9.17) is 5.14 Å². The Morgan fingerprint density at radius 1 is 1.50 bits per heavy atom. The largest absolute Gasteiger partial charge is 0.384 e. The lowest BCUT2D eigenvalue weighted by atomic mass is 10.0. The first kappa shape index (κ1) is 17.0. The monoisotopic (exact) mass is 304 g/mol. The molecule has 1 aromatic heterocycles. The summed E-state index contributed by atoms with van der Waals surface area (Å²) in [6.07, 6.45) is 0.746. The van der Waals surface area contributed by atoms with Gasteiger partial charge < -0.3 is 5.11 Å². The van der Waals surface area contributed by atoms with E-state index >= 15 is 0 Å². The van der Waals surface area contributed by atoms with Crippen LogP contribution in [0.15, 0.2) is 11.1 Å². The number of aromatic nitrogens is 1. The molecule has 0 bridgehead atoms. The lowest BCUT2D eigenvalue weighted by Crippen LogP contribution is -2.22. The number of pyridine rings is 1. The van der Waals surface area contributed by atoms with E-state index in [1.807, 2.05) is 6.92 Å². The van der Waals surface area contributed by atoms with Crippen LogP contribution < -0.4 is 5.14 Å². The fourth-order valence-corrected chi connectivity index (χ4v) is 3.07. The Bertz CT molecular complexity index is 573. The number of rotatable bonds is 6. The average molecular weight is 304 g/mol. The summed E-state index contributed by atoms with van der Waals surface area (Å²) in [6.45, 7) is 4.76. The number of aliphatic hydroxyl groups excluding tert-OH is 1. The minimum absolute atomic E-state index is 0.222. The molecule has 0 saturated carbocycles. The molecule has 0 radical (unpaired) electrons. The first-order valence-corrected chi connectivity index (χ1v) is 8.08. The van der Waals surface area contributed by atoms with Crippen molar-refractivity contribution in [1.29, 1.82) is 0 Å². The van der Waals surface area contributed by atoms with Crippen molar-refractivity contribution in [2.45, 2.75) is 57.2 Å². The van der Waals surface area contributed by atoms with Crippen LogP contribution in [0.2, 0.25) is 0 Å². The van der Waals surface area contributed by atoms with Crippen LogP contribution in [0.25, 0.3) is 0 Å². The first-order chi connectivity index (χ1) is 9.20. The first-order valence-electron chi connectivity index (χ1n) is 6.53. The summed E-state index contributed by atoms with van der Waals surface area (Å²) in [5.74, 6) is 0. The van der Waals surface area contributed by atoms with Crippen molar-refractivity contribution < 1.29 is 17.9 Å². The van der Waals surface area contributed by atoms with Gasteiger partial charge in [0.05, 0.1) is 5.69 Å². The number of hydrogen-bond donors (Lipinski definition) is 2. The molecule has 1 aromatic rings. The van der Waals surface area contributed by atoms with Gasteiger partial charge in [0.15, 0.2) is 0 Å². The van der Waals surface area contributed by atoms with E-state index in [9.17, 15) is 17.9 Å². The number of sulfonamides is 1. The molecule has 20 heavy (non-hydrogen) atoms. The Morgan fingerprint density at radius 3 is 2.55 bits per heavy atom. The summed E-state index contributed by atoms with van der Waals surface area (Å²) < 4.78 is 36.7. The molecule has 2 unspecified atom stereocenters. The maximum atomic E-state index is 13.3. The van der Waals surface area contributed by atoms with Crippen molar-refractivity contribution in [3.05, 3.63) is 23.0 Å². The van der Waals surface area contributed by atoms with Crippen LogP contribution in [0.5, 0.6) is 0 Å². The highest BCUT2D eigenvalue weighted by atomic mass is 32.2. The third-order valence-corrected chi connectivity index (χ3v) is 4.30. The highest BCUT2D eigenvalue weighted by Crippen LogP contribution is 2.28. The molecule has 0 aliphatic carbocycles. The zero-order valence-electron chi connectivity index (χ0n) is 11.9. The quantitative estimate of drug-likeness (QED) is 0.837. The van der Waals surface area contributed by atoms with Crippen molar-refractivity contribution in [3.8, 4) is 0 Å². The summed E-state index contributed by atoms with van der Waals surface area (Å²) in [4.78, 5) is 3.67. The van der Waals surface area contributed by atoms with Crippen LogP contribution in [-0.2, 0) is 16.4 Å². The fraction of sp³-hybridized carbons (Fsp3) is 0.615. The second-order valence-corrected chi connectivity index (χ2v) is 6.39. The second kappa shape index (κ2) is 6.60. The lowest BCUT2D eigenvalue weighted by Gasteiger charge is -2.18. The Labute approximate surface area is 119 Å². The number of hydrogen-bond acceptors (Lipinski definition) is 4. The lowest BCUT2D eigenvalue weighted by molar-refractivity contribution is 0.0819. The molecule has 5 nitrogen and oxygen atoms in total. The minimum Gasteiger partial charge on any atom is -0.384 e. The summed E-state index contributed by atoms with van der Waals surface area (Å²) in [5.41, 5.74) is 0.962. The van der Waals surface area contributed by atoms with Crippen molar-refractivity contribution in [2.24, 2.45) is 5.14 Å². The number of nitrogens with zero attached hydrogens (tertiary/aromatic N) is 1. The molecule has 0 aliphatic rings. The predicted molar refractivity (Wildman–Crippen MR) is 74.5 cm³/mol. The van der Waals surface area contributed by atoms with E-state index in [0.717, 1.165) is 25.3 Å². The molecule has 0 fully saturated rings. The maximum absolute atomic E-state index is 13.3. The molecule has 2 atom stereocenters. The number of unbranched alkanes of at least 4 members (excludes halogenated alkanes) is 1. The van der Waals surface area contributed by atoms with Gasteiger partial charge in [0.1, 0.15) is 17.2 Å². The van der Waals surface area contributed by atoms with Crippen molar-refractivity contribution in [2.75, 3.05) is 0 Å². The van der Waals surface area contributed by atoms with Gasteiger partial charge in [0.2, 0.25) is 10.0 Å². The molecule has 0 aliphatic heterocycles. The van der Waals surface area contributed by atoms with Gasteiger partial charge in [0.25, 0.3) is 0 Å². The van der Waals surface area contributed by atoms with E-state index in [1.54, 1.807) is 6.92 Å². The van der Waals surface area contributed by atoms with Gasteiger partial charge in [-0.05, 0) is 37.8 Å². The summed E-state index contributed by atoms with van der Waals surface area (Å²) >= 11 is 0. The number of alkyl halides is 1. The average Bonchev–Trinajstić information content (AvgIpc) is 2.34. The van der Waals surface area contributed by atoms with Crippen molar-refractivity contribution >= 4 is 10.0 Å². The van der Waals surface area contributed by atoms with Gasteiger partial charge in [-0.15, -0.1) is 0 Å². The summed E-state index contributed by atoms with van der Waals surface area (Å²) in [5, 5.41) is 15.0. The third kappa shape index (κ3) is 3.74. The molecule has 0 amide bonds. The van der Waals surface area contributed by atoms with Crippen LogP contribution >= 0.6 is 0 Å². The van der Waals surface area contributed by atoms with Gasteiger partial charge >= 0.3 is 0 Å². The van der Waals surface area contributed by atoms with E-state index in [-0.39, 0.29) is 10.6 Å². The molecule has 114 valence electrons. The molecule has 3 N–H and O–H groups in total. The van der Waals surface area contributed by atoms with Crippen LogP contribution in [0.3, 0.4) is 0 Å². The third-order valence-electron chi connectivity index (χ3n) is 3.21. The maximum Gasteiger partial charge on any atom is 0.240 e. The van der Waals surface area contributed by atoms with Crippen LogP contribution in [0.4, 0.5) is 4.39 Å². The van der Waals surface area contributed by atoms with E-state index in [0.29, 0.717) is 12.0 Å². The van der Waals surface area contributed by atoms with Crippen LogP contribution in [0, 0.1) is 6.92 Å². The van der Waals surface area contributed by atoms with Gasteiger partial charge in [-0.3, -0.25) is 4.98 Å². The number of primary sulfonamides is 1. The van der Waals surface area contributed by atoms with Gasteiger partial charge in [-0.25, -0.2) is 17.9 Å². The highest BCUT2D eigenvalue weighted by molar-refractivity contribution is 7.89. The van der Waals surface area contributed by atoms with E-state index in [1.165, 1.54) is 6.20 Å². The van der Waals surface area contributed by atoms with Crippen LogP contribution in [0.1, 0.15) is 49.6 Å². The number of nitrogens with two attached hydrogens (primary N) is 1. The molecule has 0 spiro atoms. The van der Waals surface area contributed by atoms with Crippen molar-refractivity contribution in [3.63, 3.8) is 0 Å². The standard InChI is InChI=1S/C13H21FN2O3S/c1-4-5-6-10-7-16-11(12(17)9(3)14)13(8(10)2)20(15,18)19/h7,9,12,17H,4-6H2,1-3H3,(H2,15,18,19). The number of aryl methyl sites for hydroxylation is 1. The Balaban J connectivity index is 3.45. The fourth-order valence-electron chi connectivity index (χ4n) is 2.05. The SMILES string of the molecule is CCCCc1cnc(C(O)C(C)F)c(S(N)(=O)=O)c1C. The molecule has 0 aromatic carbocycles. The Hall–Kier alpha value is -1.05. The highest BCUT2D eigenvalue weighted by Gasteiger charge is 2.28. The number of halogens is 1. The van der Waals surface area contributed by atoms with Gasteiger partial charge in [0, 0.05) is 6.20 Å². The smallest absolute Gasteiger partial charge is 0.240 e. The molecular weight excluding hydrogens is 283 g/mol. The number of aliphatic hydroxyl groups is 1. The van der Waals surface area contributed by atoms with Gasteiger partial charge in [-0.1, -0.05) is 13.3 Å². The molecule has 1 heterocycles. The Morgan fingerprint density at radius 2 is 2.10 bits per heavy atom. The van der Waals surface area contributed by atoms with E-state index in [2.05, 4.69) is 4.98 Å². The van der Waals surface area contributed by atoms with E-state index < -0.39 is 22.3 Å². The zero-order chi connectivity index (χ0) is 15.5. The summed E-state index contributed by atoms with van der Waals surface area (Å²) in [6, 6.07) is 0. The second-order valence-electron chi connectivity index (χ2n) is 4.89. The summed E-state index contributed by atoms with van der Waals surface area (Å²) in [7, 11) is -4.08. The zero-order valence-corrected chi connectivity index (χ0v) is 12.7. The van der Waals surface area contributed by atoms with Gasteiger partial charge in [-0.2, -0.15) is 0 Å². The molecule has 1 rings (SSSR count). The molecule has 0 saturated heterocycles. The van der Waals surface area contributed by atoms with Crippen molar-refractivity contribution in [1.82, 2.24) is 4.98 Å². The minimum atomic E-state index is -4.08.